The molecule has 0 aromatic carbocycles. The van der Waals surface area contributed by atoms with E-state index in [4.69, 9.17) is 19.3 Å². The van der Waals surface area contributed by atoms with E-state index in [1.165, 1.54) is 0 Å². The average Bonchev–Trinajstić information content (AvgIpc) is 1.35. The fourth-order valence-electron chi connectivity index (χ4n) is 0.145. The maximum atomic E-state index is 5.44. The fourth-order valence-corrected chi connectivity index (χ4v) is 2.27. The summed E-state index contributed by atoms with van der Waals surface area (Å²) in [6.45, 7) is 1.92. The molecule has 0 amide bonds. The molecule has 0 unspecified atom stereocenters. The van der Waals surface area contributed by atoms with Gasteiger partial charge in [0.05, 0.1) is 0 Å². The molecule has 0 N–H and O–H groups in total. The molecule has 0 aromatic rings. The fraction of sp³-hybridized carbons (Fsp3) is 0.333. The summed E-state index contributed by atoms with van der Waals surface area (Å²) >= 11 is -1.78. The second-order valence-electron chi connectivity index (χ2n) is 0.860. The SMILES string of the molecule is C/C=[CH]/[Ga]([Cl])[Cl]. The Morgan fingerprint density at radius 2 is 2.00 bits per heavy atom. The van der Waals surface area contributed by atoms with Crippen molar-refractivity contribution < 1.29 is 0 Å². The Balaban J connectivity index is 3.03. The van der Waals surface area contributed by atoms with Gasteiger partial charge in [0.25, 0.3) is 0 Å². The number of allylic oxidation sites excluding steroid dienone is 1. The molecule has 0 radical (unpaired) electrons. The average molecular weight is 182 g/mol. The van der Waals surface area contributed by atoms with Crippen molar-refractivity contribution in [3.05, 3.63) is 10.7 Å². The minimum absolute atomic E-state index is 1.78. The summed E-state index contributed by atoms with van der Waals surface area (Å²) in [7, 11) is 10.9. The summed E-state index contributed by atoms with van der Waals surface area (Å²) in [5, 5.41) is 0. The van der Waals surface area contributed by atoms with Crippen LogP contribution < -0.4 is 0 Å². The molecule has 6 heavy (non-hydrogen) atoms. The molecule has 0 fully saturated rings. The second-order valence-corrected chi connectivity index (χ2v) is 9.12. The molecule has 0 heterocycles. The van der Waals surface area contributed by atoms with Crippen LogP contribution in [0.3, 0.4) is 0 Å². The molecule has 0 atom stereocenters. The van der Waals surface area contributed by atoms with E-state index in [1.54, 1.807) is 0 Å². The van der Waals surface area contributed by atoms with Gasteiger partial charge in [-0.1, -0.05) is 0 Å². The zero-order chi connectivity index (χ0) is 4.99. The zero-order valence-corrected chi connectivity index (χ0v) is 7.42. The summed E-state index contributed by atoms with van der Waals surface area (Å²) in [6.07, 6.45) is 1.89. The van der Waals surface area contributed by atoms with Crippen molar-refractivity contribution in [3.8, 4) is 0 Å². The van der Waals surface area contributed by atoms with Gasteiger partial charge in [-0.3, -0.25) is 0 Å². The van der Waals surface area contributed by atoms with Crippen molar-refractivity contribution in [2.24, 2.45) is 0 Å². The first kappa shape index (κ1) is 6.96. The van der Waals surface area contributed by atoms with Crippen molar-refractivity contribution in [1.29, 1.82) is 0 Å². The van der Waals surface area contributed by atoms with Crippen molar-refractivity contribution in [2.75, 3.05) is 0 Å². The van der Waals surface area contributed by atoms with Gasteiger partial charge >= 0.3 is 51.1 Å². The van der Waals surface area contributed by atoms with Crippen molar-refractivity contribution in [3.63, 3.8) is 0 Å². The predicted octanol–water partition coefficient (Wildman–Crippen LogP) is 2.07. The van der Waals surface area contributed by atoms with Gasteiger partial charge in [-0.15, -0.1) is 0 Å². The van der Waals surface area contributed by atoms with Crippen LogP contribution in [0.1, 0.15) is 6.92 Å². The van der Waals surface area contributed by atoms with E-state index in [1.807, 2.05) is 17.6 Å². The molecule has 0 aliphatic heterocycles. The van der Waals surface area contributed by atoms with E-state index in [0.29, 0.717) is 0 Å². The molecule has 0 saturated carbocycles. The van der Waals surface area contributed by atoms with Crippen LogP contribution in [0, 0.1) is 0 Å². The first-order valence-electron chi connectivity index (χ1n) is 1.68. The molecular formula is C3H5Cl2Ga. The Hall–Kier alpha value is 0.956. The van der Waals surface area contributed by atoms with E-state index in [0.717, 1.165) is 0 Å². The molecule has 0 saturated heterocycles. The van der Waals surface area contributed by atoms with Crippen LogP contribution in [0.5, 0.6) is 0 Å². The van der Waals surface area contributed by atoms with E-state index in [-0.39, 0.29) is 0 Å². The van der Waals surface area contributed by atoms with Crippen LogP contribution in [0.2, 0.25) is 0 Å². The standard InChI is InChI=1S/C3H5.2ClH.Ga/c1-3-2;;;/h1,3H,2H3;2*1H;/q;;;+2/p-2. The van der Waals surface area contributed by atoms with Crippen molar-refractivity contribution in [2.45, 2.75) is 6.92 Å². The number of halogens is 2. The summed E-state index contributed by atoms with van der Waals surface area (Å²) in [5.74, 6) is 0. The molecule has 0 aliphatic carbocycles. The van der Waals surface area contributed by atoms with Crippen LogP contribution >= 0.6 is 19.3 Å². The summed E-state index contributed by atoms with van der Waals surface area (Å²) in [6, 6.07) is 0. The van der Waals surface area contributed by atoms with Crippen LogP contribution in [0.15, 0.2) is 10.7 Å². The van der Waals surface area contributed by atoms with E-state index >= 15 is 0 Å². The van der Waals surface area contributed by atoms with Gasteiger partial charge in [-0.25, -0.2) is 0 Å². The quantitative estimate of drug-likeness (QED) is 0.544. The van der Waals surface area contributed by atoms with Gasteiger partial charge in [-0.05, 0) is 0 Å². The Morgan fingerprint density at radius 1 is 1.50 bits per heavy atom. The first-order valence-corrected chi connectivity index (χ1v) is 9.45. The molecule has 0 bridgehead atoms. The zero-order valence-electron chi connectivity index (χ0n) is 3.49. The number of rotatable bonds is 1. The Bertz CT molecular complexity index is 50.8. The molecule has 34 valence electrons. The Kier molecular flexibility index (Phi) is 4.78. The normalized spacial score (nSPS) is 9.83. The number of hydrogen-bond donors (Lipinski definition) is 0. The van der Waals surface area contributed by atoms with Crippen LogP contribution in [0.25, 0.3) is 0 Å². The molecule has 0 spiro atoms. The van der Waals surface area contributed by atoms with E-state index < -0.39 is 14.2 Å². The van der Waals surface area contributed by atoms with E-state index in [2.05, 4.69) is 0 Å². The van der Waals surface area contributed by atoms with E-state index in [9.17, 15) is 0 Å². The van der Waals surface area contributed by atoms with Crippen LogP contribution in [-0.2, 0) is 0 Å². The Morgan fingerprint density at radius 3 is 2.00 bits per heavy atom. The third kappa shape index (κ3) is 4.96. The van der Waals surface area contributed by atoms with Gasteiger partial charge in [0.2, 0.25) is 0 Å². The molecule has 0 rings (SSSR count). The minimum atomic E-state index is -1.78. The predicted molar refractivity (Wildman–Crippen MR) is 32.3 cm³/mol. The molecule has 0 nitrogen and oxygen atoms in total. The van der Waals surface area contributed by atoms with Crippen molar-refractivity contribution in [1.82, 2.24) is 0 Å². The van der Waals surface area contributed by atoms with Gasteiger partial charge < -0.3 is 0 Å². The van der Waals surface area contributed by atoms with Gasteiger partial charge in [-0.2, -0.15) is 0 Å². The van der Waals surface area contributed by atoms with Crippen LogP contribution in [-0.4, -0.2) is 14.2 Å². The molecule has 0 aliphatic rings. The summed E-state index contributed by atoms with van der Waals surface area (Å²) < 4.78 is 1.89. The summed E-state index contributed by atoms with van der Waals surface area (Å²) in [4.78, 5) is 0. The van der Waals surface area contributed by atoms with Crippen LogP contribution in [0.4, 0.5) is 0 Å². The third-order valence-corrected chi connectivity index (χ3v) is 3.27. The Labute approximate surface area is 51.2 Å². The molecule has 0 aromatic heterocycles. The van der Waals surface area contributed by atoms with Gasteiger partial charge in [0, 0.05) is 0 Å². The molecular weight excluding hydrogens is 177 g/mol. The number of hydrogen-bond acceptors (Lipinski definition) is 0. The van der Waals surface area contributed by atoms with Crippen molar-refractivity contribution >= 4 is 33.5 Å². The maximum absolute atomic E-state index is 5.44. The van der Waals surface area contributed by atoms with Gasteiger partial charge in [0.1, 0.15) is 0 Å². The second kappa shape index (κ2) is 4.12. The first-order chi connectivity index (χ1) is 2.77. The topological polar surface area (TPSA) is 0 Å². The monoisotopic (exact) mass is 180 g/mol. The molecule has 3 heteroatoms. The third-order valence-electron chi connectivity index (χ3n) is 0.338. The van der Waals surface area contributed by atoms with Gasteiger partial charge in [0.15, 0.2) is 0 Å². The summed E-state index contributed by atoms with van der Waals surface area (Å²) in [5.41, 5.74) is 0.